The molecule has 1 aliphatic heterocycles. The Morgan fingerprint density at radius 2 is 1.82 bits per heavy atom. The van der Waals surface area contributed by atoms with Gasteiger partial charge in [-0.25, -0.2) is 14.6 Å². The van der Waals surface area contributed by atoms with Crippen LogP contribution in [0.3, 0.4) is 0 Å². The molecule has 0 aromatic carbocycles. The second-order valence-corrected chi connectivity index (χ2v) is 15.7. The number of aromatic nitrogens is 1. The first-order valence-corrected chi connectivity index (χ1v) is 19.6. The Bertz CT molecular complexity index is 1200. The third-order valence-corrected chi connectivity index (χ3v) is 10.2. The van der Waals surface area contributed by atoms with Crippen molar-refractivity contribution in [3.05, 3.63) is 16.1 Å². The summed E-state index contributed by atoms with van der Waals surface area (Å²) in [5, 5.41) is 17.6. The number of nitrogens with zero attached hydrogens (tertiary/aromatic N) is 3. The topological polar surface area (TPSA) is 150 Å². The molecule has 1 saturated heterocycles. The lowest BCUT2D eigenvalue weighted by Crippen LogP contribution is -2.59. The average molecular weight is 724 g/mol. The van der Waals surface area contributed by atoms with Crippen LogP contribution in [0, 0.1) is 11.8 Å². The van der Waals surface area contributed by atoms with Gasteiger partial charge in [-0.3, -0.25) is 14.5 Å². The van der Waals surface area contributed by atoms with Crippen LogP contribution in [-0.2, 0) is 19.1 Å². The maximum absolute atomic E-state index is 14.8. The fraction of sp³-hybridized carbons (Fsp3) is 0.811. The SMILES string of the molecule is CCCCCCN(C(=O)[C@@H](NC(=O)C1CCCCN1CCNC(=O)OC(C)(C)C)[C@@H](C)CC)[C@H](C[C@@H](OCC)c1nc(C(=O)O)cs1)C(C)C. The number of unbranched alkanes of at least 4 members (excludes halogenated alkanes) is 3. The number of thiazole rings is 1. The molecule has 0 saturated carbocycles. The summed E-state index contributed by atoms with van der Waals surface area (Å²) in [6, 6.07) is -1.35. The van der Waals surface area contributed by atoms with Gasteiger partial charge in [0.25, 0.3) is 0 Å². The van der Waals surface area contributed by atoms with Gasteiger partial charge in [0.2, 0.25) is 11.8 Å². The first-order chi connectivity index (χ1) is 23.6. The third kappa shape index (κ3) is 14.1. The minimum Gasteiger partial charge on any atom is -0.476 e. The maximum atomic E-state index is 14.8. The normalized spacial score (nSPS) is 17.8. The molecular weight excluding hydrogens is 659 g/mol. The molecule has 12 nitrogen and oxygen atoms in total. The molecule has 1 aromatic rings. The van der Waals surface area contributed by atoms with Crippen LogP contribution in [-0.4, -0.2) is 100 Å². The molecule has 3 amide bonds. The molecule has 13 heteroatoms. The number of rotatable bonds is 21. The van der Waals surface area contributed by atoms with Gasteiger partial charge < -0.3 is 30.1 Å². The lowest BCUT2D eigenvalue weighted by molar-refractivity contribution is -0.143. The predicted octanol–water partition coefficient (Wildman–Crippen LogP) is 6.65. The van der Waals surface area contributed by atoms with E-state index in [1.165, 1.54) is 16.7 Å². The number of likely N-dealkylation sites (tertiary alicyclic amines) is 1. The van der Waals surface area contributed by atoms with Crippen molar-refractivity contribution in [3.63, 3.8) is 0 Å². The first-order valence-electron chi connectivity index (χ1n) is 18.7. The fourth-order valence-electron chi connectivity index (χ4n) is 6.38. The van der Waals surface area contributed by atoms with Gasteiger partial charge in [0, 0.05) is 44.1 Å². The van der Waals surface area contributed by atoms with E-state index in [1.807, 2.05) is 46.4 Å². The molecule has 1 aromatic heterocycles. The number of alkyl carbamates (subject to hydrolysis) is 1. The summed E-state index contributed by atoms with van der Waals surface area (Å²) in [6.07, 6.45) is 6.72. The number of ether oxygens (including phenoxy) is 2. The van der Waals surface area contributed by atoms with Crippen molar-refractivity contribution < 1.29 is 33.8 Å². The molecule has 1 unspecified atom stereocenters. The van der Waals surface area contributed by atoms with E-state index in [1.54, 1.807) is 0 Å². The van der Waals surface area contributed by atoms with Crippen molar-refractivity contribution >= 4 is 35.2 Å². The molecule has 2 heterocycles. The van der Waals surface area contributed by atoms with Crippen molar-refractivity contribution in [1.29, 1.82) is 0 Å². The van der Waals surface area contributed by atoms with Crippen LogP contribution in [0.5, 0.6) is 0 Å². The Morgan fingerprint density at radius 3 is 2.40 bits per heavy atom. The van der Waals surface area contributed by atoms with Gasteiger partial charge in [-0.05, 0) is 65.3 Å². The zero-order valence-corrected chi connectivity index (χ0v) is 32.9. The standard InChI is InChI=1S/C37H65N5O7S/c1-10-13-14-16-21-42(29(25(4)5)23-30(48-12-3)33-39-27(24-50-33)35(45)46)34(44)31(26(6)11-2)40-32(43)28-18-15-17-20-41(28)22-19-38-36(47)49-37(7,8)9/h24-26,28-31H,10-23H2,1-9H3,(H,38,47)(H,40,43)(H,45,46)/t26-,28?,29+,30+,31-/m0/s1. The van der Waals surface area contributed by atoms with Crippen LogP contribution in [0.2, 0.25) is 0 Å². The van der Waals surface area contributed by atoms with Crippen LogP contribution in [0.25, 0.3) is 0 Å². The molecule has 3 N–H and O–H groups in total. The molecule has 50 heavy (non-hydrogen) atoms. The highest BCUT2D eigenvalue weighted by Gasteiger charge is 2.38. The zero-order valence-electron chi connectivity index (χ0n) is 32.1. The minimum atomic E-state index is -1.08. The van der Waals surface area contributed by atoms with Crippen molar-refractivity contribution in [3.8, 4) is 0 Å². The number of nitrogens with one attached hydrogen (secondary N) is 2. The Labute approximate surface area is 304 Å². The Hall–Kier alpha value is -2.77. The number of carbonyl (C=O) groups excluding carboxylic acids is 3. The van der Waals surface area contributed by atoms with E-state index >= 15 is 0 Å². The van der Waals surface area contributed by atoms with E-state index in [4.69, 9.17) is 9.47 Å². The molecular formula is C37H65N5O7S. The highest BCUT2D eigenvalue weighted by Crippen LogP contribution is 2.32. The van der Waals surface area contributed by atoms with Gasteiger partial charge in [0.05, 0.1) is 6.04 Å². The average Bonchev–Trinajstić information content (AvgIpc) is 3.55. The molecule has 0 aliphatic carbocycles. The minimum absolute atomic E-state index is 0.0137. The highest BCUT2D eigenvalue weighted by atomic mass is 32.1. The van der Waals surface area contributed by atoms with Crippen LogP contribution in [0.15, 0.2) is 5.38 Å². The molecule has 5 atom stereocenters. The van der Waals surface area contributed by atoms with Gasteiger partial charge in [-0.2, -0.15) is 0 Å². The van der Waals surface area contributed by atoms with Crippen LogP contribution in [0.4, 0.5) is 4.79 Å². The number of piperidine rings is 1. The van der Waals surface area contributed by atoms with Gasteiger partial charge in [-0.1, -0.05) is 66.7 Å². The summed E-state index contributed by atoms with van der Waals surface area (Å²) in [7, 11) is 0. The van der Waals surface area contributed by atoms with Crippen molar-refractivity contribution in [2.24, 2.45) is 11.8 Å². The van der Waals surface area contributed by atoms with E-state index in [-0.39, 0.29) is 35.4 Å². The molecule has 0 spiro atoms. The lowest BCUT2D eigenvalue weighted by atomic mass is 9.91. The molecule has 2 rings (SSSR count). The predicted molar refractivity (Wildman–Crippen MR) is 197 cm³/mol. The summed E-state index contributed by atoms with van der Waals surface area (Å²) in [4.78, 5) is 61.1. The van der Waals surface area contributed by atoms with Gasteiger partial charge in [0.15, 0.2) is 5.69 Å². The fourth-order valence-corrected chi connectivity index (χ4v) is 7.24. The first kappa shape index (κ1) is 43.4. The molecule has 0 bridgehead atoms. The largest absolute Gasteiger partial charge is 0.476 e. The molecule has 1 fully saturated rings. The Morgan fingerprint density at radius 1 is 1.10 bits per heavy atom. The second-order valence-electron chi connectivity index (χ2n) is 14.8. The molecule has 1 aliphatic rings. The highest BCUT2D eigenvalue weighted by molar-refractivity contribution is 7.09. The number of carboxylic acids is 1. The van der Waals surface area contributed by atoms with Gasteiger partial charge in [0.1, 0.15) is 22.8 Å². The van der Waals surface area contributed by atoms with E-state index in [9.17, 15) is 24.3 Å². The van der Waals surface area contributed by atoms with E-state index < -0.39 is 35.9 Å². The quantitative estimate of drug-likeness (QED) is 0.119. The Balaban J connectivity index is 2.34. The smallest absolute Gasteiger partial charge is 0.407 e. The van der Waals surface area contributed by atoms with Crippen LogP contribution < -0.4 is 10.6 Å². The third-order valence-electron chi connectivity index (χ3n) is 9.31. The van der Waals surface area contributed by atoms with Crippen molar-refractivity contribution in [1.82, 2.24) is 25.4 Å². The number of carbonyl (C=O) groups is 4. The van der Waals surface area contributed by atoms with E-state index in [0.29, 0.717) is 50.5 Å². The summed E-state index contributed by atoms with van der Waals surface area (Å²) in [5.41, 5.74) is -0.609. The number of aromatic carboxylic acids is 1. The van der Waals surface area contributed by atoms with Crippen LogP contribution in [0.1, 0.15) is 142 Å². The van der Waals surface area contributed by atoms with Gasteiger partial charge >= 0.3 is 12.1 Å². The van der Waals surface area contributed by atoms with E-state index in [0.717, 1.165) is 45.1 Å². The number of amides is 3. The Kier molecular flexibility index (Phi) is 18.7. The van der Waals surface area contributed by atoms with Crippen LogP contribution >= 0.6 is 11.3 Å². The van der Waals surface area contributed by atoms with Crippen molar-refractivity contribution in [2.75, 3.05) is 32.8 Å². The number of hydrogen-bond donors (Lipinski definition) is 3. The van der Waals surface area contributed by atoms with Crippen molar-refractivity contribution in [2.45, 2.75) is 150 Å². The lowest BCUT2D eigenvalue weighted by Gasteiger charge is -2.40. The summed E-state index contributed by atoms with van der Waals surface area (Å²) in [6.45, 7) is 20.3. The number of carboxylic acid groups (broad SMARTS) is 1. The number of hydrogen-bond acceptors (Lipinski definition) is 9. The monoisotopic (exact) mass is 723 g/mol. The van der Waals surface area contributed by atoms with Gasteiger partial charge in [-0.15, -0.1) is 11.3 Å². The molecule has 0 radical (unpaired) electrons. The summed E-state index contributed by atoms with van der Waals surface area (Å²) >= 11 is 1.26. The zero-order chi connectivity index (χ0) is 37.4. The summed E-state index contributed by atoms with van der Waals surface area (Å²) < 4.78 is 11.5. The molecule has 286 valence electrons. The van der Waals surface area contributed by atoms with E-state index in [2.05, 4.69) is 41.3 Å². The second kappa shape index (κ2) is 21.6. The maximum Gasteiger partial charge on any atom is 0.407 e. The summed E-state index contributed by atoms with van der Waals surface area (Å²) in [5.74, 6) is -1.39.